The van der Waals surface area contributed by atoms with E-state index in [-0.39, 0.29) is 0 Å². The summed E-state index contributed by atoms with van der Waals surface area (Å²) in [6.07, 6.45) is 1.49. The van der Waals surface area contributed by atoms with E-state index in [1.807, 2.05) is 0 Å². The van der Waals surface area contributed by atoms with Crippen molar-refractivity contribution in [2.24, 2.45) is 7.05 Å². The summed E-state index contributed by atoms with van der Waals surface area (Å²) in [6, 6.07) is 0. The zero-order valence-electron chi connectivity index (χ0n) is 5.59. The molecule has 6 heteroatoms. The van der Waals surface area contributed by atoms with Crippen LogP contribution in [-0.2, 0) is 7.05 Å². The van der Waals surface area contributed by atoms with E-state index in [2.05, 4.69) is 21.0 Å². The van der Waals surface area contributed by atoms with Gasteiger partial charge in [-0.2, -0.15) is 13.9 Å². The average molecular weight is 243 g/mol. The van der Waals surface area contributed by atoms with E-state index in [1.165, 1.54) is 10.9 Å². The fourth-order valence-electron chi connectivity index (χ4n) is 0.616. The van der Waals surface area contributed by atoms with E-state index in [1.54, 1.807) is 7.05 Å². The van der Waals surface area contributed by atoms with Crippen molar-refractivity contribution in [3.8, 4) is 0 Å². The Morgan fingerprint density at radius 3 is 2.73 bits per heavy atom. The van der Waals surface area contributed by atoms with Crippen LogP contribution in [0, 0.1) is 0 Å². The minimum Gasteiger partial charge on any atom is -0.261 e. The van der Waals surface area contributed by atoms with Crippen LogP contribution in [0.3, 0.4) is 0 Å². The molecule has 0 amide bonds. The number of thioether (sulfide) groups is 1. The zero-order chi connectivity index (χ0) is 8.43. The summed E-state index contributed by atoms with van der Waals surface area (Å²) in [4.78, 5) is 0. The molecule has 0 saturated carbocycles. The molecule has 0 saturated heterocycles. The molecule has 0 aliphatic rings. The Kier molecular flexibility index (Phi) is 2.89. The fourth-order valence-corrected chi connectivity index (χ4v) is 1.78. The summed E-state index contributed by atoms with van der Waals surface area (Å²) in [5, 5.41) is 4.23. The van der Waals surface area contributed by atoms with Gasteiger partial charge in [-0.3, -0.25) is 4.68 Å². The van der Waals surface area contributed by atoms with Crippen LogP contribution in [0.25, 0.3) is 0 Å². The summed E-state index contributed by atoms with van der Waals surface area (Å²) in [7, 11) is 1.62. The van der Waals surface area contributed by atoms with E-state index in [0.717, 1.165) is 0 Å². The molecule has 0 unspecified atom stereocenters. The minimum absolute atomic E-state index is 0.444. The van der Waals surface area contributed by atoms with Crippen LogP contribution in [0.2, 0.25) is 0 Å². The van der Waals surface area contributed by atoms with Crippen LogP contribution in [0.1, 0.15) is 0 Å². The van der Waals surface area contributed by atoms with E-state index >= 15 is 0 Å². The second-order valence-electron chi connectivity index (χ2n) is 1.80. The first-order valence-corrected chi connectivity index (χ1v) is 4.41. The molecule has 11 heavy (non-hydrogen) atoms. The molecule has 1 aromatic rings. The molecule has 2 nitrogen and oxygen atoms in total. The first kappa shape index (κ1) is 8.99. The highest BCUT2D eigenvalue weighted by molar-refractivity contribution is 9.10. The number of halogens is 3. The van der Waals surface area contributed by atoms with Gasteiger partial charge >= 0.3 is 0 Å². The lowest BCUT2D eigenvalue weighted by molar-refractivity contribution is 0.251. The smallest absolute Gasteiger partial charge is 0.261 e. The molecular formula is C5H5BrF2N2S. The van der Waals surface area contributed by atoms with Gasteiger partial charge in [0.25, 0.3) is 5.76 Å². The standard InChI is InChI=1S/C5H5BrF2N2S/c1-10-4(11-5(7)8)3(6)2-9-10/h2,5H,1H3. The maximum atomic E-state index is 11.9. The minimum atomic E-state index is -2.40. The lowest BCUT2D eigenvalue weighted by Crippen LogP contribution is -1.94. The number of alkyl halides is 2. The van der Waals surface area contributed by atoms with Crippen molar-refractivity contribution in [3.63, 3.8) is 0 Å². The Morgan fingerprint density at radius 1 is 1.73 bits per heavy atom. The second-order valence-corrected chi connectivity index (χ2v) is 3.63. The highest BCUT2D eigenvalue weighted by Gasteiger charge is 2.12. The van der Waals surface area contributed by atoms with Crippen molar-refractivity contribution >= 4 is 27.7 Å². The van der Waals surface area contributed by atoms with E-state index in [9.17, 15) is 8.78 Å². The van der Waals surface area contributed by atoms with Crippen LogP contribution in [0.5, 0.6) is 0 Å². The maximum Gasteiger partial charge on any atom is 0.290 e. The summed E-state index contributed by atoms with van der Waals surface area (Å²) in [6.45, 7) is 0. The van der Waals surface area contributed by atoms with Crippen LogP contribution in [0.4, 0.5) is 8.78 Å². The SMILES string of the molecule is Cn1ncc(Br)c1SC(F)F. The van der Waals surface area contributed by atoms with Crippen LogP contribution in [0.15, 0.2) is 15.7 Å². The van der Waals surface area contributed by atoms with Crippen molar-refractivity contribution in [2.75, 3.05) is 0 Å². The predicted octanol–water partition coefficient (Wildman–Crippen LogP) is 2.50. The van der Waals surface area contributed by atoms with Crippen LogP contribution >= 0.6 is 27.7 Å². The number of aryl methyl sites for hydroxylation is 1. The first-order chi connectivity index (χ1) is 5.11. The highest BCUT2D eigenvalue weighted by Crippen LogP contribution is 2.30. The van der Waals surface area contributed by atoms with Gasteiger partial charge < -0.3 is 0 Å². The maximum absolute atomic E-state index is 11.9. The molecule has 1 aromatic heterocycles. The van der Waals surface area contributed by atoms with E-state index in [4.69, 9.17) is 0 Å². The van der Waals surface area contributed by atoms with Gasteiger partial charge in [0.15, 0.2) is 0 Å². The predicted molar refractivity (Wildman–Crippen MR) is 42.8 cm³/mol. The lowest BCUT2D eigenvalue weighted by atomic mass is 10.7. The van der Waals surface area contributed by atoms with Crippen molar-refractivity contribution in [1.29, 1.82) is 0 Å². The average Bonchev–Trinajstić information content (AvgIpc) is 2.18. The summed E-state index contributed by atoms with van der Waals surface area (Å²) in [5.41, 5.74) is 0. The van der Waals surface area contributed by atoms with Gasteiger partial charge in [-0.25, -0.2) is 0 Å². The Hall–Kier alpha value is -0.100. The summed E-state index contributed by atoms with van der Waals surface area (Å²) < 4.78 is 25.7. The number of hydrogen-bond donors (Lipinski definition) is 0. The van der Waals surface area contributed by atoms with Crippen molar-refractivity contribution in [3.05, 3.63) is 10.7 Å². The molecule has 62 valence electrons. The number of rotatable bonds is 2. The Balaban J connectivity index is 2.83. The van der Waals surface area contributed by atoms with Crippen molar-refractivity contribution in [1.82, 2.24) is 9.78 Å². The summed E-state index contributed by atoms with van der Waals surface area (Å²) in [5.74, 6) is -2.40. The zero-order valence-corrected chi connectivity index (χ0v) is 7.99. The highest BCUT2D eigenvalue weighted by atomic mass is 79.9. The quantitative estimate of drug-likeness (QED) is 0.742. The van der Waals surface area contributed by atoms with Gasteiger partial charge in [0.1, 0.15) is 5.03 Å². The third kappa shape index (κ3) is 2.16. The lowest BCUT2D eigenvalue weighted by Gasteiger charge is -1.99. The number of nitrogens with zero attached hydrogens (tertiary/aromatic N) is 2. The largest absolute Gasteiger partial charge is 0.290 e. The van der Waals surface area contributed by atoms with Gasteiger partial charge in [0.2, 0.25) is 0 Å². The van der Waals surface area contributed by atoms with Gasteiger partial charge in [-0.1, -0.05) is 0 Å². The monoisotopic (exact) mass is 242 g/mol. The van der Waals surface area contributed by atoms with E-state index < -0.39 is 5.76 Å². The molecule has 0 N–H and O–H groups in total. The number of aromatic nitrogens is 2. The molecule has 0 atom stereocenters. The summed E-state index contributed by atoms with van der Waals surface area (Å²) >= 11 is 3.59. The van der Waals surface area contributed by atoms with Gasteiger partial charge in [0, 0.05) is 7.05 Å². The Morgan fingerprint density at radius 2 is 2.36 bits per heavy atom. The molecule has 0 radical (unpaired) electrons. The molecule has 0 fully saturated rings. The molecule has 0 aromatic carbocycles. The second kappa shape index (κ2) is 3.53. The molecule has 1 heterocycles. The molecule has 0 aliphatic heterocycles. The van der Waals surface area contributed by atoms with Crippen molar-refractivity contribution < 1.29 is 8.78 Å². The first-order valence-electron chi connectivity index (χ1n) is 2.73. The third-order valence-corrected chi connectivity index (χ3v) is 2.77. The Bertz CT molecular complexity index is 231. The Labute approximate surface area is 75.1 Å². The molecular weight excluding hydrogens is 238 g/mol. The van der Waals surface area contributed by atoms with Gasteiger partial charge in [0.05, 0.1) is 10.7 Å². The van der Waals surface area contributed by atoms with Crippen molar-refractivity contribution in [2.45, 2.75) is 10.8 Å². The molecule has 0 spiro atoms. The van der Waals surface area contributed by atoms with Crippen LogP contribution < -0.4 is 0 Å². The van der Waals surface area contributed by atoms with Gasteiger partial charge in [-0.15, -0.1) is 0 Å². The third-order valence-electron chi connectivity index (χ3n) is 1.04. The van der Waals surface area contributed by atoms with Crippen LogP contribution in [-0.4, -0.2) is 15.5 Å². The van der Waals surface area contributed by atoms with E-state index in [0.29, 0.717) is 21.3 Å². The molecule has 0 bridgehead atoms. The normalized spacial score (nSPS) is 11.0. The number of hydrogen-bond acceptors (Lipinski definition) is 2. The van der Waals surface area contributed by atoms with Gasteiger partial charge in [-0.05, 0) is 27.7 Å². The fraction of sp³-hybridized carbons (Fsp3) is 0.400. The topological polar surface area (TPSA) is 17.8 Å². The molecule has 1 rings (SSSR count). The molecule has 0 aliphatic carbocycles.